The maximum atomic E-state index is 3.81. The van der Waals surface area contributed by atoms with E-state index in [4.69, 9.17) is 0 Å². The van der Waals surface area contributed by atoms with Crippen molar-refractivity contribution in [1.82, 2.24) is 10.2 Å². The van der Waals surface area contributed by atoms with Crippen LogP contribution in [0, 0.1) is 5.92 Å². The second-order valence-electron chi connectivity index (χ2n) is 6.38. The molecule has 1 aliphatic rings. The van der Waals surface area contributed by atoms with Crippen molar-refractivity contribution in [2.45, 2.75) is 43.7 Å². The molecule has 0 spiro atoms. The molecule has 3 heteroatoms. The van der Waals surface area contributed by atoms with Crippen molar-refractivity contribution in [3.05, 3.63) is 29.8 Å². The summed E-state index contributed by atoms with van der Waals surface area (Å²) in [6.07, 6.45) is 2.49. The number of hydrogen-bond acceptors (Lipinski definition) is 3. The number of nitrogens with one attached hydrogen (secondary N) is 1. The number of fused-ring (bicyclic) bond motifs is 1. The number of benzene rings is 1. The smallest absolute Gasteiger partial charge is 0.0339 e. The molecule has 1 aliphatic heterocycles. The van der Waals surface area contributed by atoms with Crippen LogP contribution in [-0.2, 0) is 0 Å². The van der Waals surface area contributed by atoms with E-state index in [0.29, 0.717) is 12.1 Å². The average Bonchev–Trinajstić information content (AvgIpc) is 2.42. The van der Waals surface area contributed by atoms with Crippen molar-refractivity contribution in [3.8, 4) is 0 Å². The van der Waals surface area contributed by atoms with E-state index in [0.717, 1.165) is 12.5 Å². The van der Waals surface area contributed by atoms with Gasteiger partial charge in [0.25, 0.3) is 0 Å². The number of likely N-dealkylation sites (N-methyl/N-ethyl adjacent to an activating group) is 1. The monoisotopic (exact) mass is 292 g/mol. The van der Waals surface area contributed by atoms with Gasteiger partial charge in [-0.3, -0.25) is 0 Å². The van der Waals surface area contributed by atoms with Crippen LogP contribution in [0.3, 0.4) is 0 Å². The lowest BCUT2D eigenvalue weighted by molar-refractivity contribution is 0.239. The highest BCUT2D eigenvalue weighted by Gasteiger charge is 2.21. The van der Waals surface area contributed by atoms with E-state index in [1.54, 1.807) is 0 Å². The maximum absolute atomic E-state index is 3.81. The fourth-order valence-corrected chi connectivity index (χ4v) is 3.98. The molecule has 2 atom stereocenters. The van der Waals surface area contributed by atoms with E-state index in [9.17, 15) is 0 Å². The molecule has 0 amide bonds. The molecule has 2 rings (SSSR count). The van der Waals surface area contributed by atoms with Crippen molar-refractivity contribution in [1.29, 1.82) is 0 Å². The lowest BCUT2D eigenvalue weighted by Gasteiger charge is -2.31. The second kappa shape index (κ2) is 7.48. The summed E-state index contributed by atoms with van der Waals surface area (Å²) in [4.78, 5) is 3.82. The van der Waals surface area contributed by atoms with Gasteiger partial charge in [-0.05, 0) is 50.2 Å². The molecule has 2 nitrogen and oxygen atoms in total. The standard InChI is InChI=1S/C17H28N2S/c1-13(2)11-14(19(3)4)12-18-16-9-10-20-17-8-6-5-7-15(16)17/h5-8,13-14,16,18H,9-12H2,1-4H3. The molecule has 0 fully saturated rings. The van der Waals surface area contributed by atoms with E-state index in [-0.39, 0.29) is 0 Å². The first kappa shape index (κ1) is 15.9. The van der Waals surface area contributed by atoms with E-state index >= 15 is 0 Å². The zero-order valence-electron chi connectivity index (χ0n) is 13.2. The van der Waals surface area contributed by atoms with Gasteiger partial charge >= 0.3 is 0 Å². The number of nitrogens with zero attached hydrogens (tertiary/aromatic N) is 1. The van der Waals surface area contributed by atoms with Crippen LogP contribution in [0.1, 0.15) is 38.3 Å². The van der Waals surface area contributed by atoms with Crippen LogP contribution in [0.4, 0.5) is 0 Å². The molecule has 2 unspecified atom stereocenters. The van der Waals surface area contributed by atoms with Crippen molar-refractivity contribution in [2.75, 3.05) is 26.4 Å². The number of hydrogen-bond donors (Lipinski definition) is 1. The summed E-state index contributed by atoms with van der Waals surface area (Å²) in [7, 11) is 4.39. The fourth-order valence-electron chi connectivity index (χ4n) is 2.85. The summed E-state index contributed by atoms with van der Waals surface area (Å²) in [6.45, 7) is 5.70. The molecule has 1 aromatic carbocycles. The van der Waals surface area contributed by atoms with Crippen LogP contribution in [0.25, 0.3) is 0 Å². The molecule has 1 heterocycles. The van der Waals surface area contributed by atoms with Gasteiger partial charge in [0.1, 0.15) is 0 Å². The predicted molar refractivity (Wildman–Crippen MR) is 89.5 cm³/mol. The normalized spacial score (nSPS) is 20.2. The topological polar surface area (TPSA) is 15.3 Å². The lowest BCUT2D eigenvalue weighted by Crippen LogP contribution is -2.40. The first-order valence-electron chi connectivity index (χ1n) is 7.69. The van der Waals surface area contributed by atoms with E-state index in [1.807, 2.05) is 11.8 Å². The van der Waals surface area contributed by atoms with Crippen molar-refractivity contribution < 1.29 is 0 Å². The van der Waals surface area contributed by atoms with Crippen molar-refractivity contribution in [3.63, 3.8) is 0 Å². The third-order valence-electron chi connectivity index (χ3n) is 4.03. The first-order valence-corrected chi connectivity index (χ1v) is 8.68. The molecule has 0 saturated carbocycles. The van der Waals surface area contributed by atoms with Gasteiger partial charge in [0, 0.05) is 23.5 Å². The lowest BCUT2D eigenvalue weighted by atomic mass is 10.0. The summed E-state index contributed by atoms with van der Waals surface area (Å²) >= 11 is 1.99. The Hall–Kier alpha value is -0.510. The summed E-state index contributed by atoms with van der Waals surface area (Å²) in [5.41, 5.74) is 1.49. The molecule has 0 aromatic heterocycles. The van der Waals surface area contributed by atoms with Crippen molar-refractivity contribution >= 4 is 11.8 Å². The molecule has 0 aliphatic carbocycles. The SMILES string of the molecule is CC(C)CC(CNC1CCSc2ccccc21)N(C)C. The van der Waals surface area contributed by atoms with E-state index < -0.39 is 0 Å². The molecular weight excluding hydrogens is 264 g/mol. The average molecular weight is 292 g/mol. The van der Waals surface area contributed by atoms with Gasteiger partial charge in [-0.2, -0.15) is 0 Å². The minimum atomic E-state index is 0.530. The molecule has 112 valence electrons. The van der Waals surface area contributed by atoms with Crippen LogP contribution in [-0.4, -0.2) is 37.3 Å². The maximum Gasteiger partial charge on any atom is 0.0339 e. The van der Waals surface area contributed by atoms with Gasteiger partial charge in [-0.1, -0.05) is 32.0 Å². The van der Waals surface area contributed by atoms with Gasteiger partial charge in [-0.15, -0.1) is 11.8 Å². The van der Waals surface area contributed by atoms with Crippen LogP contribution < -0.4 is 5.32 Å². The Bertz CT molecular complexity index is 417. The second-order valence-corrected chi connectivity index (χ2v) is 7.52. The highest BCUT2D eigenvalue weighted by molar-refractivity contribution is 7.99. The molecular formula is C17H28N2S. The summed E-state index contributed by atoms with van der Waals surface area (Å²) in [5.74, 6) is 1.98. The Morgan fingerprint density at radius 2 is 2.05 bits per heavy atom. The van der Waals surface area contributed by atoms with Gasteiger partial charge in [-0.25, -0.2) is 0 Å². The summed E-state index contributed by atoms with van der Waals surface area (Å²) < 4.78 is 0. The third kappa shape index (κ3) is 4.24. The van der Waals surface area contributed by atoms with Gasteiger partial charge in [0.2, 0.25) is 0 Å². The number of rotatable bonds is 6. The van der Waals surface area contributed by atoms with Crippen LogP contribution in [0.15, 0.2) is 29.2 Å². The minimum Gasteiger partial charge on any atom is -0.308 e. The van der Waals surface area contributed by atoms with Gasteiger partial charge in [0.15, 0.2) is 0 Å². The van der Waals surface area contributed by atoms with E-state index in [2.05, 4.69) is 62.4 Å². The first-order chi connectivity index (χ1) is 9.58. The Morgan fingerprint density at radius 1 is 1.30 bits per heavy atom. The molecule has 0 bridgehead atoms. The highest BCUT2D eigenvalue weighted by atomic mass is 32.2. The minimum absolute atomic E-state index is 0.530. The van der Waals surface area contributed by atoms with Crippen LogP contribution in [0.5, 0.6) is 0 Å². The summed E-state index contributed by atoms with van der Waals surface area (Å²) in [6, 6.07) is 10.0. The third-order valence-corrected chi connectivity index (χ3v) is 5.15. The van der Waals surface area contributed by atoms with Crippen LogP contribution >= 0.6 is 11.8 Å². The largest absolute Gasteiger partial charge is 0.308 e. The Morgan fingerprint density at radius 3 is 2.75 bits per heavy atom. The number of thioether (sulfide) groups is 1. The van der Waals surface area contributed by atoms with Crippen LogP contribution in [0.2, 0.25) is 0 Å². The van der Waals surface area contributed by atoms with E-state index in [1.165, 1.54) is 29.1 Å². The zero-order chi connectivity index (χ0) is 14.5. The van der Waals surface area contributed by atoms with Gasteiger partial charge < -0.3 is 10.2 Å². The molecule has 1 aromatic rings. The molecule has 20 heavy (non-hydrogen) atoms. The highest BCUT2D eigenvalue weighted by Crippen LogP contribution is 2.35. The molecule has 1 N–H and O–H groups in total. The summed E-state index contributed by atoms with van der Waals surface area (Å²) in [5, 5.41) is 3.81. The van der Waals surface area contributed by atoms with Crippen molar-refractivity contribution in [2.24, 2.45) is 5.92 Å². The predicted octanol–water partition coefficient (Wildman–Crippen LogP) is 3.79. The Kier molecular flexibility index (Phi) is 5.94. The molecule has 0 saturated heterocycles. The van der Waals surface area contributed by atoms with Gasteiger partial charge in [0.05, 0.1) is 0 Å². The quantitative estimate of drug-likeness (QED) is 0.859. The molecule has 0 radical (unpaired) electrons. The zero-order valence-corrected chi connectivity index (χ0v) is 14.0. The fraction of sp³-hybridized carbons (Fsp3) is 0.647. The Labute approximate surface area is 128 Å². The Balaban J connectivity index is 1.97.